The number of hydrogen-bond acceptors (Lipinski definition) is 5. The Morgan fingerprint density at radius 1 is 1.16 bits per heavy atom. The third-order valence-corrected chi connectivity index (χ3v) is 7.76. The first-order chi connectivity index (χ1) is 12.0. The molecule has 2 saturated carbocycles. The summed E-state index contributed by atoms with van der Waals surface area (Å²) in [4.78, 5) is 14.2. The van der Waals surface area contributed by atoms with Crippen LogP contribution in [0.4, 0.5) is 5.82 Å². The molecule has 0 bridgehead atoms. The Bertz CT molecular complexity index is 834. The highest BCUT2D eigenvalue weighted by Gasteiger charge is 2.30. The van der Waals surface area contributed by atoms with Gasteiger partial charge in [-0.25, -0.2) is 14.2 Å². The predicted octanol–water partition coefficient (Wildman–Crippen LogP) is 3.41. The maximum atomic E-state index is 12.5. The molecule has 0 aromatic carbocycles. The monoisotopic (exact) mass is 361 g/mol. The van der Waals surface area contributed by atoms with Crippen LogP contribution in [0.2, 0.25) is 0 Å². The molecule has 2 N–H and O–H groups in total. The van der Waals surface area contributed by atoms with Crippen LogP contribution in [0.1, 0.15) is 38.5 Å². The van der Waals surface area contributed by atoms with Crippen LogP contribution < -0.4 is 4.90 Å². The van der Waals surface area contributed by atoms with Crippen LogP contribution >= 0.6 is 0 Å². The summed E-state index contributed by atoms with van der Waals surface area (Å²) >= 11 is 0. The highest BCUT2D eigenvalue weighted by molar-refractivity contribution is 7.92. The molecule has 0 amide bonds. The van der Waals surface area contributed by atoms with Crippen LogP contribution in [0.15, 0.2) is 18.6 Å². The summed E-state index contributed by atoms with van der Waals surface area (Å²) in [6.07, 6.45) is 10.2. The number of fused-ring (bicyclic) bond motifs is 1. The largest absolute Gasteiger partial charge is 0.356 e. The van der Waals surface area contributed by atoms with Crippen molar-refractivity contribution in [1.29, 1.82) is 4.78 Å². The molecule has 7 heteroatoms. The molecule has 136 valence electrons. The third-order valence-electron chi connectivity index (χ3n) is 5.74. The van der Waals surface area contributed by atoms with Gasteiger partial charge in [0.25, 0.3) is 0 Å². The maximum Gasteiger partial charge on any atom is 0.142 e. The summed E-state index contributed by atoms with van der Waals surface area (Å²) in [6, 6.07) is 2.48. The SMILES string of the molecule is CN(c1ncnc2[nH]ccc12)[C@H]1CC[C@H](CS(=N)(=O)CC2CC2)CC1. The summed E-state index contributed by atoms with van der Waals surface area (Å²) in [5, 5.41) is 1.06. The Kier molecular flexibility index (Phi) is 4.43. The van der Waals surface area contributed by atoms with E-state index in [1.165, 1.54) is 12.8 Å². The number of nitrogens with zero attached hydrogens (tertiary/aromatic N) is 3. The van der Waals surface area contributed by atoms with Crippen molar-refractivity contribution in [3.8, 4) is 0 Å². The molecule has 0 spiro atoms. The van der Waals surface area contributed by atoms with Gasteiger partial charge in [0.1, 0.15) is 17.8 Å². The Morgan fingerprint density at radius 3 is 2.44 bits per heavy atom. The number of hydrogen-bond donors (Lipinski definition) is 2. The molecule has 4 rings (SSSR count). The van der Waals surface area contributed by atoms with Crippen LogP contribution in [0, 0.1) is 16.6 Å². The molecule has 2 heterocycles. The molecule has 2 aromatic heterocycles. The quantitative estimate of drug-likeness (QED) is 0.825. The van der Waals surface area contributed by atoms with E-state index in [2.05, 4.69) is 26.9 Å². The average Bonchev–Trinajstić information content (AvgIpc) is 3.25. The number of aromatic amines is 1. The maximum absolute atomic E-state index is 12.5. The highest BCUT2D eigenvalue weighted by atomic mass is 32.2. The third kappa shape index (κ3) is 3.81. The summed E-state index contributed by atoms with van der Waals surface area (Å²) in [6.45, 7) is 0. The van der Waals surface area contributed by atoms with Crippen LogP contribution in [0.3, 0.4) is 0 Å². The molecule has 6 nitrogen and oxygen atoms in total. The minimum atomic E-state index is -2.37. The van der Waals surface area contributed by atoms with Gasteiger partial charge in [-0.15, -0.1) is 0 Å². The Balaban J connectivity index is 1.37. The number of H-pyrrole nitrogens is 1. The number of rotatable bonds is 6. The zero-order valence-electron chi connectivity index (χ0n) is 14.8. The van der Waals surface area contributed by atoms with Gasteiger partial charge in [0.2, 0.25) is 0 Å². The first-order valence-corrected chi connectivity index (χ1v) is 11.2. The lowest BCUT2D eigenvalue weighted by molar-refractivity contribution is 0.342. The molecule has 0 aliphatic heterocycles. The van der Waals surface area contributed by atoms with Gasteiger partial charge in [-0.2, -0.15) is 0 Å². The second-order valence-electron chi connectivity index (χ2n) is 7.81. The van der Waals surface area contributed by atoms with E-state index >= 15 is 0 Å². The molecule has 2 fully saturated rings. The van der Waals surface area contributed by atoms with Gasteiger partial charge in [0.05, 0.1) is 5.39 Å². The van der Waals surface area contributed by atoms with Crippen LogP contribution in [-0.4, -0.2) is 43.8 Å². The van der Waals surface area contributed by atoms with Crippen LogP contribution in [0.5, 0.6) is 0 Å². The smallest absolute Gasteiger partial charge is 0.142 e. The van der Waals surface area contributed by atoms with Crippen molar-refractivity contribution in [2.45, 2.75) is 44.6 Å². The second-order valence-corrected chi connectivity index (χ2v) is 10.1. The van der Waals surface area contributed by atoms with Crippen molar-refractivity contribution < 1.29 is 4.21 Å². The predicted molar refractivity (Wildman–Crippen MR) is 101 cm³/mol. The van der Waals surface area contributed by atoms with Gasteiger partial charge in [0.15, 0.2) is 0 Å². The molecule has 2 aromatic rings. The van der Waals surface area contributed by atoms with Gasteiger partial charge < -0.3 is 9.88 Å². The minimum absolute atomic E-state index is 0.450. The lowest BCUT2D eigenvalue weighted by Gasteiger charge is -2.35. The van der Waals surface area contributed by atoms with Gasteiger partial charge in [-0.1, -0.05) is 0 Å². The summed E-state index contributed by atoms with van der Waals surface area (Å²) < 4.78 is 20.7. The molecule has 1 unspecified atom stereocenters. The normalized spacial score (nSPS) is 26.4. The van der Waals surface area contributed by atoms with E-state index in [1.807, 2.05) is 12.3 Å². The van der Waals surface area contributed by atoms with Gasteiger partial charge in [-0.05, 0) is 56.4 Å². The van der Waals surface area contributed by atoms with E-state index in [0.29, 0.717) is 29.4 Å². The van der Waals surface area contributed by atoms with Crippen LogP contribution in [0.25, 0.3) is 11.0 Å². The summed E-state index contributed by atoms with van der Waals surface area (Å²) in [5.41, 5.74) is 0.875. The first kappa shape index (κ1) is 16.8. The highest BCUT2D eigenvalue weighted by Crippen LogP contribution is 2.34. The fourth-order valence-corrected chi connectivity index (χ4v) is 6.45. The molecule has 2 aliphatic rings. The molecular formula is C18H27N5OS. The number of anilines is 1. The molecule has 0 saturated heterocycles. The molecule has 25 heavy (non-hydrogen) atoms. The number of nitrogens with one attached hydrogen (secondary N) is 2. The molecular weight excluding hydrogens is 334 g/mol. The molecule has 0 radical (unpaired) electrons. The Labute approximate surface area is 149 Å². The van der Waals surface area contributed by atoms with E-state index in [4.69, 9.17) is 4.78 Å². The Morgan fingerprint density at radius 2 is 1.80 bits per heavy atom. The van der Waals surface area contributed by atoms with Crippen molar-refractivity contribution in [2.24, 2.45) is 11.8 Å². The van der Waals surface area contributed by atoms with E-state index in [9.17, 15) is 4.21 Å². The zero-order valence-corrected chi connectivity index (χ0v) is 15.6. The van der Waals surface area contributed by atoms with Crippen molar-refractivity contribution in [1.82, 2.24) is 15.0 Å². The van der Waals surface area contributed by atoms with Crippen LogP contribution in [-0.2, 0) is 9.73 Å². The van der Waals surface area contributed by atoms with Crippen molar-refractivity contribution >= 4 is 26.6 Å². The van der Waals surface area contributed by atoms with Gasteiger partial charge >= 0.3 is 0 Å². The summed E-state index contributed by atoms with van der Waals surface area (Å²) in [7, 11) is -0.256. The fraction of sp³-hybridized carbons (Fsp3) is 0.667. The topological polar surface area (TPSA) is 85.7 Å². The first-order valence-electron chi connectivity index (χ1n) is 9.27. The standard InChI is InChI=1S/C18H27N5OS/c1-23(18-16-8-9-20-17(16)21-12-22-18)15-6-4-14(5-7-15)11-25(19,24)10-13-2-3-13/h8-9,12-15,19H,2-7,10-11H2,1H3,(H,20,21,22)/t14-,15-,25?. The number of aromatic nitrogens is 3. The van der Waals surface area contributed by atoms with E-state index in [0.717, 1.165) is 42.5 Å². The van der Waals surface area contributed by atoms with Gasteiger partial charge in [-0.3, -0.25) is 4.78 Å². The summed E-state index contributed by atoms with van der Waals surface area (Å²) in [5.74, 6) is 3.25. The van der Waals surface area contributed by atoms with E-state index in [-0.39, 0.29) is 0 Å². The van der Waals surface area contributed by atoms with Gasteiger partial charge in [0, 0.05) is 40.5 Å². The Hall–Kier alpha value is -1.63. The van der Waals surface area contributed by atoms with Crippen molar-refractivity contribution in [2.75, 3.05) is 23.5 Å². The molecule has 2 aliphatic carbocycles. The van der Waals surface area contributed by atoms with E-state index < -0.39 is 9.73 Å². The fourth-order valence-electron chi connectivity index (χ4n) is 4.13. The molecule has 1 atom stereocenters. The average molecular weight is 362 g/mol. The lowest BCUT2D eigenvalue weighted by atomic mass is 9.86. The van der Waals surface area contributed by atoms with Crippen molar-refractivity contribution in [3.05, 3.63) is 18.6 Å². The lowest BCUT2D eigenvalue weighted by Crippen LogP contribution is -2.37. The second kappa shape index (κ2) is 6.59. The minimum Gasteiger partial charge on any atom is -0.356 e. The zero-order chi connectivity index (χ0) is 17.4. The van der Waals surface area contributed by atoms with E-state index in [1.54, 1.807) is 6.33 Å². The van der Waals surface area contributed by atoms with Crippen molar-refractivity contribution in [3.63, 3.8) is 0 Å².